The molecule has 0 fully saturated rings. The Labute approximate surface area is 104 Å². The van der Waals surface area contributed by atoms with E-state index >= 15 is 0 Å². The maximum atomic E-state index is 11.2. The summed E-state index contributed by atoms with van der Waals surface area (Å²) in [6.45, 7) is 4.21. The summed E-state index contributed by atoms with van der Waals surface area (Å²) in [4.78, 5) is 11.2. The first-order chi connectivity index (χ1) is 8.16. The Morgan fingerprint density at radius 1 is 1.18 bits per heavy atom. The zero-order valence-corrected chi connectivity index (χ0v) is 11.0. The summed E-state index contributed by atoms with van der Waals surface area (Å²) in [6.07, 6.45) is 7.43. The van der Waals surface area contributed by atoms with Gasteiger partial charge in [0, 0.05) is 5.56 Å². The van der Waals surface area contributed by atoms with Crippen molar-refractivity contribution in [3.05, 3.63) is 34.9 Å². The summed E-state index contributed by atoms with van der Waals surface area (Å²) in [7, 11) is 0. The van der Waals surface area contributed by atoms with Crippen LogP contribution in [0.4, 0.5) is 0 Å². The van der Waals surface area contributed by atoms with Crippen molar-refractivity contribution < 1.29 is 4.79 Å². The van der Waals surface area contributed by atoms with E-state index in [-0.39, 0.29) is 5.91 Å². The third-order valence-electron chi connectivity index (χ3n) is 3.26. The van der Waals surface area contributed by atoms with Crippen LogP contribution in [0, 0.1) is 6.92 Å². The van der Waals surface area contributed by atoms with E-state index in [0.29, 0.717) is 5.56 Å². The quantitative estimate of drug-likeness (QED) is 0.718. The molecule has 0 atom stereocenters. The molecule has 1 aromatic carbocycles. The molecule has 0 unspecified atom stereocenters. The summed E-state index contributed by atoms with van der Waals surface area (Å²) in [5.41, 5.74) is 8.32. The minimum Gasteiger partial charge on any atom is -0.366 e. The first-order valence-electron chi connectivity index (χ1n) is 6.55. The van der Waals surface area contributed by atoms with E-state index in [1.807, 2.05) is 13.0 Å². The summed E-state index contributed by atoms with van der Waals surface area (Å²) in [6, 6.07) is 5.83. The first-order valence-corrected chi connectivity index (χ1v) is 6.55. The highest BCUT2D eigenvalue weighted by Crippen LogP contribution is 2.16. The van der Waals surface area contributed by atoms with Crippen molar-refractivity contribution in [1.29, 1.82) is 0 Å². The van der Waals surface area contributed by atoms with Crippen LogP contribution < -0.4 is 5.73 Å². The van der Waals surface area contributed by atoms with Crippen molar-refractivity contribution >= 4 is 5.91 Å². The molecule has 2 heteroatoms. The van der Waals surface area contributed by atoms with Crippen molar-refractivity contribution in [1.82, 2.24) is 0 Å². The van der Waals surface area contributed by atoms with Crippen molar-refractivity contribution in [2.24, 2.45) is 5.73 Å². The van der Waals surface area contributed by atoms with Gasteiger partial charge in [0.15, 0.2) is 0 Å². The fourth-order valence-electron chi connectivity index (χ4n) is 2.14. The molecule has 2 nitrogen and oxygen atoms in total. The van der Waals surface area contributed by atoms with Crippen LogP contribution in [-0.2, 0) is 6.42 Å². The maximum Gasteiger partial charge on any atom is 0.248 e. The van der Waals surface area contributed by atoms with Gasteiger partial charge in [0.05, 0.1) is 0 Å². The molecule has 0 saturated heterocycles. The Kier molecular flexibility index (Phi) is 5.75. The molecule has 1 aromatic rings. The molecular formula is C15H23NO. The second-order valence-electron chi connectivity index (χ2n) is 4.62. The fraction of sp³-hybridized carbons (Fsp3) is 0.533. The average Bonchev–Trinajstić information content (AvgIpc) is 2.30. The molecule has 0 radical (unpaired) electrons. The van der Waals surface area contributed by atoms with Crippen molar-refractivity contribution in [3.8, 4) is 0 Å². The largest absolute Gasteiger partial charge is 0.366 e. The molecule has 0 saturated carbocycles. The number of hydrogen-bond acceptors (Lipinski definition) is 1. The van der Waals surface area contributed by atoms with E-state index in [4.69, 9.17) is 5.73 Å². The van der Waals surface area contributed by atoms with Gasteiger partial charge in [0.1, 0.15) is 0 Å². The van der Waals surface area contributed by atoms with Gasteiger partial charge < -0.3 is 5.73 Å². The standard InChI is InChI=1S/C15H23NO/c1-3-4-5-6-7-9-13-10-8-11-14(12(13)2)15(16)17/h8,10-11H,3-7,9H2,1-2H3,(H2,16,17). The van der Waals surface area contributed by atoms with Gasteiger partial charge in [-0.15, -0.1) is 0 Å². The summed E-state index contributed by atoms with van der Waals surface area (Å²) in [5.74, 6) is -0.324. The highest BCUT2D eigenvalue weighted by molar-refractivity contribution is 5.94. The van der Waals surface area contributed by atoms with E-state index < -0.39 is 0 Å². The van der Waals surface area contributed by atoms with Crippen LogP contribution >= 0.6 is 0 Å². The van der Waals surface area contributed by atoms with Crippen LogP contribution in [0.3, 0.4) is 0 Å². The number of benzene rings is 1. The molecule has 94 valence electrons. The molecule has 0 bridgehead atoms. The Bertz CT molecular complexity index is 371. The fourth-order valence-corrected chi connectivity index (χ4v) is 2.14. The number of hydrogen-bond donors (Lipinski definition) is 1. The topological polar surface area (TPSA) is 43.1 Å². The molecule has 17 heavy (non-hydrogen) atoms. The third-order valence-corrected chi connectivity index (χ3v) is 3.26. The number of amides is 1. The smallest absolute Gasteiger partial charge is 0.248 e. The zero-order chi connectivity index (χ0) is 12.7. The number of rotatable bonds is 7. The lowest BCUT2D eigenvalue weighted by Crippen LogP contribution is -2.13. The lowest BCUT2D eigenvalue weighted by atomic mass is 9.97. The molecule has 0 aromatic heterocycles. The second kappa shape index (κ2) is 7.10. The van der Waals surface area contributed by atoms with Gasteiger partial charge in [-0.05, 0) is 37.0 Å². The highest BCUT2D eigenvalue weighted by atomic mass is 16.1. The predicted octanol–water partition coefficient (Wildman–Crippen LogP) is 3.61. The summed E-state index contributed by atoms with van der Waals surface area (Å²) in [5, 5.41) is 0. The van der Waals surface area contributed by atoms with Gasteiger partial charge in [0.25, 0.3) is 0 Å². The second-order valence-corrected chi connectivity index (χ2v) is 4.62. The van der Waals surface area contributed by atoms with E-state index in [2.05, 4.69) is 13.0 Å². The van der Waals surface area contributed by atoms with Gasteiger partial charge >= 0.3 is 0 Å². The van der Waals surface area contributed by atoms with Crippen molar-refractivity contribution in [3.63, 3.8) is 0 Å². The third kappa shape index (κ3) is 4.22. The molecule has 0 aliphatic heterocycles. The predicted molar refractivity (Wildman–Crippen MR) is 72.2 cm³/mol. The van der Waals surface area contributed by atoms with Crippen molar-refractivity contribution in [2.45, 2.75) is 52.4 Å². The van der Waals surface area contributed by atoms with Gasteiger partial charge in [-0.3, -0.25) is 4.79 Å². The van der Waals surface area contributed by atoms with E-state index in [0.717, 1.165) is 12.0 Å². The van der Waals surface area contributed by atoms with Crippen LogP contribution in [0.25, 0.3) is 0 Å². The van der Waals surface area contributed by atoms with Gasteiger partial charge in [-0.1, -0.05) is 44.7 Å². The van der Waals surface area contributed by atoms with E-state index in [1.54, 1.807) is 6.07 Å². The molecule has 0 aliphatic rings. The van der Waals surface area contributed by atoms with Crippen LogP contribution in [0.5, 0.6) is 0 Å². The van der Waals surface area contributed by atoms with Gasteiger partial charge in [0.2, 0.25) is 5.91 Å². The zero-order valence-electron chi connectivity index (χ0n) is 11.0. The van der Waals surface area contributed by atoms with Crippen LogP contribution in [0.1, 0.15) is 60.5 Å². The molecule has 0 spiro atoms. The lowest BCUT2D eigenvalue weighted by Gasteiger charge is -2.08. The monoisotopic (exact) mass is 233 g/mol. The Morgan fingerprint density at radius 3 is 2.53 bits per heavy atom. The van der Waals surface area contributed by atoms with E-state index in [1.165, 1.54) is 37.7 Å². The van der Waals surface area contributed by atoms with E-state index in [9.17, 15) is 4.79 Å². The average molecular weight is 233 g/mol. The minimum absolute atomic E-state index is 0.324. The number of nitrogens with two attached hydrogens (primary N) is 1. The van der Waals surface area contributed by atoms with Gasteiger partial charge in [-0.25, -0.2) is 0 Å². The summed E-state index contributed by atoms with van der Waals surface area (Å²) < 4.78 is 0. The molecule has 0 heterocycles. The molecule has 2 N–H and O–H groups in total. The number of primary amides is 1. The Hall–Kier alpha value is -1.31. The maximum absolute atomic E-state index is 11.2. The normalized spacial score (nSPS) is 10.5. The van der Waals surface area contributed by atoms with Crippen LogP contribution in [0.15, 0.2) is 18.2 Å². The summed E-state index contributed by atoms with van der Waals surface area (Å²) >= 11 is 0. The first kappa shape index (κ1) is 13.8. The number of aryl methyl sites for hydroxylation is 1. The molecule has 0 aliphatic carbocycles. The Morgan fingerprint density at radius 2 is 1.88 bits per heavy atom. The highest BCUT2D eigenvalue weighted by Gasteiger charge is 2.07. The molecule has 1 rings (SSSR count). The van der Waals surface area contributed by atoms with Crippen LogP contribution in [0.2, 0.25) is 0 Å². The minimum atomic E-state index is -0.324. The van der Waals surface area contributed by atoms with Crippen LogP contribution in [-0.4, -0.2) is 5.91 Å². The van der Waals surface area contributed by atoms with Gasteiger partial charge in [-0.2, -0.15) is 0 Å². The number of carbonyl (C=O) groups is 1. The molecular weight excluding hydrogens is 210 g/mol. The number of unbranched alkanes of at least 4 members (excludes halogenated alkanes) is 4. The SMILES string of the molecule is CCCCCCCc1cccc(C(N)=O)c1C. The lowest BCUT2D eigenvalue weighted by molar-refractivity contribution is 0.0999. The van der Waals surface area contributed by atoms with Crippen molar-refractivity contribution in [2.75, 3.05) is 0 Å². The molecule has 1 amide bonds. The number of carbonyl (C=O) groups excluding carboxylic acids is 1. The Balaban J connectivity index is 2.54.